The van der Waals surface area contributed by atoms with Crippen molar-refractivity contribution in [2.75, 3.05) is 0 Å². The Morgan fingerprint density at radius 1 is 1.24 bits per heavy atom. The predicted molar refractivity (Wildman–Crippen MR) is 94.9 cm³/mol. The molecule has 0 saturated carbocycles. The molecule has 1 nitrogen and oxygen atoms in total. The molecule has 0 aromatic heterocycles. The highest BCUT2D eigenvalue weighted by Gasteiger charge is 2.39. The van der Waals surface area contributed by atoms with Crippen LogP contribution in [0.4, 0.5) is 0 Å². The molecule has 0 spiro atoms. The Morgan fingerprint density at radius 3 is 2.52 bits per heavy atom. The average Bonchev–Trinajstić information content (AvgIpc) is 2.57. The summed E-state index contributed by atoms with van der Waals surface area (Å²) in [6.45, 7) is 15.5. The van der Waals surface area contributed by atoms with Crippen molar-refractivity contribution in [2.45, 2.75) is 57.8 Å². The number of hydrogen-bond acceptors (Lipinski definition) is 1. The van der Waals surface area contributed by atoms with Crippen LogP contribution in [-0.2, 0) is 4.43 Å². The van der Waals surface area contributed by atoms with Gasteiger partial charge in [-0.15, -0.1) is 0 Å². The lowest BCUT2D eigenvalue weighted by Crippen LogP contribution is -2.41. The molecule has 0 bridgehead atoms. The quantitative estimate of drug-likeness (QED) is 0.612. The zero-order valence-electron chi connectivity index (χ0n) is 14.1. The molecule has 0 radical (unpaired) electrons. The molecule has 0 saturated heterocycles. The van der Waals surface area contributed by atoms with E-state index in [0.717, 1.165) is 12.8 Å². The second kappa shape index (κ2) is 5.94. The SMILES string of the molecule is C=CC1=CCCC(O[Si](C)(C)C(C)(C)C)c2ccccc21. The predicted octanol–water partition coefficient (Wildman–Crippen LogP) is 6.11. The topological polar surface area (TPSA) is 9.23 Å². The first-order valence-corrected chi connectivity index (χ1v) is 10.8. The summed E-state index contributed by atoms with van der Waals surface area (Å²) in [6.07, 6.45) is 6.57. The molecule has 114 valence electrons. The van der Waals surface area contributed by atoms with E-state index in [1.165, 1.54) is 16.7 Å². The van der Waals surface area contributed by atoms with Gasteiger partial charge in [0.1, 0.15) is 0 Å². The van der Waals surface area contributed by atoms with Gasteiger partial charge in [-0.3, -0.25) is 0 Å². The molecule has 0 heterocycles. The minimum Gasteiger partial charge on any atom is -0.410 e. The van der Waals surface area contributed by atoms with Crippen molar-refractivity contribution in [3.63, 3.8) is 0 Å². The first-order chi connectivity index (χ1) is 9.76. The maximum atomic E-state index is 6.71. The van der Waals surface area contributed by atoms with E-state index in [1.54, 1.807) is 0 Å². The van der Waals surface area contributed by atoms with E-state index < -0.39 is 8.32 Å². The van der Waals surface area contributed by atoms with Gasteiger partial charge in [-0.25, -0.2) is 0 Å². The van der Waals surface area contributed by atoms with Crippen molar-refractivity contribution in [3.8, 4) is 0 Å². The summed E-state index contributed by atoms with van der Waals surface area (Å²) in [5, 5.41) is 0.239. The number of benzene rings is 1. The maximum Gasteiger partial charge on any atom is 0.192 e. The number of rotatable bonds is 3. The largest absolute Gasteiger partial charge is 0.410 e. The van der Waals surface area contributed by atoms with Crippen molar-refractivity contribution in [1.82, 2.24) is 0 Å². The van der Waals surface area contributed by atoms with Crippen LogP contribution in [0.1, 0.15) is 50.8 Å². The molecule has 2 rings (SSSR count). The molecule has 21 heavy (non-hydrogen) atoms. The lowest BCUT2D eigenvalue weighted by atomic mass is 9.98. The smallest absolute Gasteiger partial charge is 0.192 e. The average molecular weight is 301 g/mol. The van der Waals surface area contributed by atoms with Gasteiger partial charge >= 0.3 is 0 Å². The second-order valence-corrected chi connectivity index (χ2v) is 12.2. The Kier molecular flexibility index (Phi) is 4.59. The molecule has 0 amide bonds. The fraction of sp³-hybridized carbons (Fsp3) is 0.474. The van der Waals surface area contributed by atoms with Gasteiger partial charge in [-0.2, -0.15) is 0 Å². The summed E-state index contributed by atoms with van der Waals surface area (Å²) in [6, 6.07) is 8.63. The van der Waals surface area contributed by atoms with Crippen molar-refractivity contribution in [1.29, 1.82) is 0 Å². The number of hydrogen-bond donors (Lipinski definition) is 0. The van der Waals surface area contributed by atoms with Crippen LogP contribution < -0.4 is 0 Å². The van der Waals surface area contributed by atoms with Crippen molar-refractivity contribution >= 4 is 13.9 Å². The third-order valence-electron chi connectivity index (χ3n) is 4.87. The van der Waals surface area contributed by atoms with E-state index >= 15 is 0 Å². The molecule has 1 aromatic carbocycles. The maximum absolute atomic E-state index is 6.71. The summed E-state index contributed by atoms with van der Waals surface area (Å²) < 4.78 is 6.71. The molecule has 0 N–H and O–H groups in total. The molecular formula is C19H28OSi. The van der Waals surface area contributed by atoms with Crippen LogP contribution in [0.15, 0.2) is 43.0 Å². The monoisotopic (exact) mass is 300 g/mol. The van der Waals surface area contributed by atoms with Gasteiger partial charge < -0.3 is 4.43 Å². The Balaban J connectivity index is 2.37. The van der Waals surface area contributed by atoms with E-state index in [9.17, 15) is 0 Å². The van der Waals surface area contributed by atoms with Crippen molar-refractivity contribution < 1.29 is 4.43 Å². The fourth-order valence-electron chi connectivity index (χ4n) is 2.54. The second-order valence-electron chi connectivity index (χ2n) is 7.39. The summed E-state index contributed by atoms with van der Waals surface area (Å²) in [5.74, 6) is 0. The molecule has 0 aliphatic heterocycles. The Morgan fingerprint density at radius 2 is 1.90 bits per heavy atom. The van der Waals surface area contributed by atoms with Gasteiger partial charge in [0.05, 0.1) is 6.10 Å². The third kappa shape index (κ3) is 3.38. The van der Waals surface area contributed by atoms with Crippen LogP contribution >= 0.6 is 0 Å². The van der Waals surface area contributed by atoms with Crippen molar-refractivity contribution in [2.24, 2.45) is 0 Å². The highest BCUT2D eigenvalue weighted by Crippen LogP contribution is 2.43. The van der Waals surface area contributed by atoms with E-state index in [4.69, 9.17) is 4.43 Å². The lowest BCUT2D eigenvalue weighted by Gasteiger charge is -2.39. The van der Waals surface area contributed by atoms with Crippen LogP contribution in [0.25, 0.3) is 5.57 Å². The molecule has 1 aromatic rings. The van der Waals surface area contributed by atoms with E-state index in [1.807, 2.05) is 6.08 Å². The van der Waals surface area contributed by atoms with Crippen molar-refractivity contribution in [3.05, 3.63) is 54.1 Å². The number of allylic oxidation sites excluding steroid dienone is 3. The zero-order chi connectivity index (χ0) is 15.7. The summed E-state index contributed by atoms with van der Waals surface area (Å²) in [4.78, 5) is 0. The Hall–Kier alpha value is -1.12. The van der Waals surface area contributed by atoms with Crippen LogP contribution in [-0.4, -0.2) is 8.32 Å². The first kappa shape index (κ1) is 16.3. The highest BCUT2D eigenvalue weighted by molar-refractivity contribution is 6.74. The first-order valence-electron chi connectivity index (χ1n) is 7.86. The molecule has 2 heteroatoms. The Bertz CT molecular complexity index is 549. The lowest BCUT2D eigenvalue weighted by molar-refractivity contribution is 0.175. The van der Waals surface area contributed by atoms with Crippen LogP contribution in [0, 0.1) is 0 Å². The normalized spacial score (nSPS) is 19.5. The fourth-order valence-corrected chi connectivity index (χ4v) is 3.85. The van der Waals surface area contributed by atoms with Crippen LogP contribution in [0.2, 0.25) is 18.1 Å². The van der Waals surface area contributed by atoms with E-state index in [-0.39, 0.29) is 11.1 Å². The Labute approximate surface area is 130 Å². The van der Waals surface area contributed by atoms with Gasteiger partial charge in [0.15, 0.2) is 8.32 Å². The van der Waals surface area contributed by atoms with Gasteiger partial charge in [0.2, 0.25) is 0 Å². The molecule has 1 unspecified atom stereocenters. The minimum absolute atomic E-state index is 0.204. The van der Waals surface area contributed by atoms with Gasteiger partial charge in [0, 0.05) is 0 Å². The summed E-state index contributed by atoms with van der Waals surface area (Å²) >= 11 is 0. The van der Waals surface area contributed by atoms with Crippen LogP contribution in [0.3, 0.4) is 0 Å². The van der Waals surface area contributed by atoms with E-state index in [0.29, 0.717) is 0 Å². The third-order valence-corrected chi connectivity index (χ3v) is 9.36. The molecular weight excluding hydrogens is 272 g/mol. The summed E-state index contributed by atoms with van der Waals surface area (Å²) in [5.41, 5.74) is 3.85. The van der Waals surface area contributed by atoms with E-state index in [2.05, 4.69) is 70.8 Å². The van der Waals surface area contributed by atoms with Crippen LogP contribution in [0.5, 0.6) is 0 Å². The minimum atomic E-state index is -1.76. The molecule has 1 atom stereocenters. The number of fused-ring (bicyclic) bond motifs is 1. The van der Waals surface area contributed by atoms with Gasteiger partial charge in [-0.05, 0) is 47.7 Å². The molecule has 0 fully saturated rings. The van der Waals surface area contributed by atoms with Gasteiger partial charge in [0.25, 0.3) is 0 Å². The summed E-state index contributed by atoms with van der Waals surface area (Å²) in [7, 11) is -1.76. The molecule has 1 aliphatic rings. The van der Waals surface area contributed by atoms with Gasteiger partial charge in [-0.1, -0.05) is 63.8 Å². The highest BCUT2D eigenvalue weighted by atomic mass is 28.4. The zero-order valence-corrected chi connectivity index (χ0v) is 15.1. The standard InChI is InChI=1S/C19H28OSi/c1-7-15-11-10-14-18(17-13-9-8-12-16(15)17)20-21(5,6)19(2,3)4/h7-9,11-13,18H,1,10,14H2,2-6H3. The molecule has 1 aliphatic carbocycles.